The SMILES string of the molecule is CC(C)Cn1c(SCC(=O)NC(C)(C#N)C(C)C)nnc1-c1ccco1. The third-order valence-electron chi connectivity index (χ3n) is 4.12. The van der Waals surface area contributed by atoms with Crippen LogP contribution < -0.4 is 5.32 Å². The molecular formula is C18H25N5O2S. The van der Waals surface area contributed by atoms with Gasteiger partial charge >= 0.3 is 0 Å². The van der Waals surface area contributed by atoms with Gasteiger partial charge in [0, 0.05) is 6.54 Å². The van der Waals surface area contributed by atoms with Gasteiger partial charge in [-0.1, -0.05) is 39.5 Å². The molecule has 26 heavy (non-hydrogen) atoms. The second-order valence-corrected chi connectivity index (χ2v) is 8.04. The van der Waals surface area contributed by atoms with E-state index in [0.29, 0.717) is 22.7 Å². The molecule has 0 aromatic carbocycles. The maximum atomic E-state index is 12.3. The summed E-state index contributed by atoms with van der Waals surface area (Å²) in [4.78, 5) is 12.3. The Morgan fingerprint density at radius 1 is 1.42 bits per heavy atom. The molecule has 0 saturated carbocycles. The van der Waals surface area contributed by atoms with Gasteiger partial charge in [0.25, 0.3) is 0 Å². The van der Waals surface area contributed by atoms with Gasteiger partial charge in [-0.3, -0.25) is 9.36 Å². The van der Waals surface area contributed by atoms with E-state index < -0.39 is 5.54 Å². The Bertz CT molecular complexity index is 776. The van der Waals surface area contributed by atoms with E-state index in [0.717, 1.165) is 6.54 Å². The van der Waals surface area contributed by atoms with Gasteiger partial charge in [0.05, 0.1) is 18.1 Å². The molecule has 0 fully saturated rings. The molecule has 0 saturated heterocycles. The normalized spacial score (nSPS) is 13.6. The van der Waals surface area contributed by atoms with E-state index in [2.05, 4.69) is 35.4 Å². The molecule has 0 spiro atoms. The molecule has 8 heteroatoms. The molecule has 1 unspecified atom stereocenters. The number of nitrogens with one attached hydrogen (secondary N) is 1. The lowest BCUT2D eigenvalue weighted by Gasteiger charge is -2.27. The molecule has 2 aromatic rings. The van der Waals surface area contributed by atoms with Crippen LogP contribution in [-0.2, 0) is 11.3 Å². The average Bonchev–Trinajstić information content (AvgIpc) is 3.22. The Hall–Kier alpha value is -2.27. The maximum absolute atomic E-state index is 12.3. The summed E-state index contributed by atoms with van der Waals surface area (Å²) in [6, 6.07) is 5.82. The number of nitrogens with zero attached hydrogens (tertiary/aromatic N) is 4. The fourth-order valence-electron chi connectivity index (χ4n) is 2.27. The second-order valence-electron chi connectivity index (χ2n) is 7.09. The number of hydrogen-bond acceptors (Lipinski definition) is 6. The number of furan rings is 1. The topological polar surface area (TPSA) is 96.7 Å². The van der Waals surface area contributed by atoms with Crippen LogP contribution in [0.2, 0.25) is 0 Å². The molecule has 0 bridgehead atoms. The Morgan fingerprint density at radius 2 is 2.15 bits per heavy atom. The number of thioether (sulfide) groups is 1. The molecule has 0 radical (unpaired) electrons. The van der Waals surface area contributed by atoms with E-state index in [4.69, 9.17) is 4.42 Å². The zero-order valence-electron chi connectivity index (χ0n) is 15.8. The highest BCUT2D eigenvalue weighted by Gasteiger charge is 2.30. The minimum absolute atomic E-state index is 0.0107. The molecule has 7 nitrogen and oxygen atoms in total. The fourth-order valence-corrected chi connectivity index (χ4v) is 3.02. The number of hydrogen-bond donors (Lipinski definition) is 1. The van der Waals surface area contributed by atoms with Crippen LogP contribution in [0.15, 0.2) is 28.0 Å². The van der Waals surface area contributed by atoms with Crippen LogP contribution in [0.1, 0.15) is 34.6 Å². The third kappa shape index (κ3) is 4.67. The lowest BCUT2D eigenvalue weighted by atomic mass is 9.90. The molecule has 140 valence electrons. The van der Waals surface area contributed by atoms with Gasteiger partial charge in [-0.15, -0.1) is 10.2 Å². The summed E-state index contributed by atoms with van der Waals surface area (Å²) in [6.07, 6.45) is 1.60. The monoisotopic (exact) mass is 375 g/mol. The van der Waals surface area contributed by atoms with Crippen molar-refractivity contribution in [3.63, 3.8) is 0 Å². The van der Waals surface area contributed by atoms with E-state index in [9.17, 15) is 10.1 Å². The first-order valence-corrected chi connectivity index (χ1v) is 9.57. The fraction of sp³-hybridized carbons (Fsp3) is 0.556. The summed E-state index contributed by atoms with van der Waals surface area (Å²) < 4.78 is 7.41. The standard InChI is InChI=1S/C18H25N5O2S/c1-12(2)9-23-16(14-7-6-8-25-14)21-22-17(23)26-10-15(24)20-18(5,11-19)13(3)4/h6-8,12-13H,9-10H2,1-5H3,(H,20,24). The van der Waals surface area contributed by atoms with Crippen molar-refractivity contribution in [3.05, 3.63) is 18.4 Å². The lowest BCUT2D eigenvalue weighted by Crippen LogP contribution is -2.49. The van der Waals surface area contributed by atoms with Crippen molar-refractivity contribution in [2.75, 3.05) is 5.75 Å². The van der Waals surface area contributed by atoms with Crippen LogP contribution in [0.3, 0.4) is 0 Å². The van der Waals surface area contributed by atoms with E-state index in [-0.39, 0.29) is 17.6 Å². The Balaban J connectivity index is 2.12. The van der Waals surface area contributed by atoms with Gasteiger partial charge in [-0.2, -0.15) is 5.26 Å². The van der Waals surface area contributed by atoms with Crippen molar-refractivity contribution in [3.8, 4) is 17.7 Å². The summed E-state index contributed by atoms with van der Waals surface area (Å²) in [5.74, 6) is 1.65. The Morgan fingerprint density at radius 3 is 2.69 bits per heavy atom. The van der Waals surface area contributed by atoms with Crippen LogP contribution in [0.5, 0.6) is 0 Å². The highest BCUT2D eigenvalue weighted by atomic mass is 32.2. The molecule has 2 aromatic heterocycles. The van der Waals surface area contributed by atoms with Gasteiger partial charge < -0.3 is 9.73 Å². The van der Waals surface area contributed by atoms with Gasteiger partial charge in [0.2, 0.25) is 5.91 Å². The first-order chi connectivity index (χ1) is 12.3. The number of carbonyl (C=O) groups is 1. The molecule has 0 aliphatic heterocycles. The van der Waals surface area contributed by atoms with Gasteiger partial charge in [0.15, 0.2) is 16.7 Å². The third-order valence-corrected chi connectivity index (χ3v) is 5.09. The van der Waals surface area contributed by atoms with Crippen molar-refractivity contribution in [1.29, 1.82) is 5.26 Å². The van der Waals surface area contributed by atoms with Crippen molar-refractivity contribution >= 4 is 17.7 Å². The highest BCUT2D eigenvalue weighted by molar-refractivity contribution is 7.99. The number of aromatic nitrogens is 3. The quantitative estimate of drug-likeness (QED) is 0.711. The molecule has 2 heterocycles. The number of nitriles is 1. The summed E-state index contributed by atoms with van der Waals surface area (Å²) >= 11 is 1.30. The first kappa shape index (κ1) is 20.0. The second kappa shape index (κ2) is 8.41. The van der Waals surface area contributed by atoms with Gasteiger partial charge in [-0.05, 0) is 30.9 Å². The van der Waals surface area contributed by atoms with Crippen molar-refractivity contribution in [2.24, 2.45) is 11.8 Å². The number of carbonyl (C=O) groups excluding carboxylic acids is 1. The van der Waals surface area contributed by atoms with Crippen LogP contribution in [0.25, 0.3) is 11.6 Å². The Labute approximate surface area is 158 Å². The zero-order chi connectivity index (χ0) is 19.3. The smallest absolute Gasteiger partial charge is 0.231 e. The van der Waals surface area contributed by atoms with Crippen molar-refractivity contribution < 1.29 is 9.21 Å². The minimum atomic E-state index is -0.886. The molecular weight excluding hydrogens is 350 g/mol. The van der Waals surface area contributed by atoms with Crippen LogP contribution in [-0.4, -0.2) is 32.0 Å². The first-order valence-electron chi connectivity index (χ1n) is 8.59. The van der Waals surface area contributed by atoms with E-state index in [1.807, 2.05) is 24.5 Å². The summed E-state index contributed by atoms with van der Waals surface area (Å²) in [6.45, 7) is 10.5. The Kier molecular flexibility index (Phi) is 6.48. The maximum Gasteiger partial charge on any atom is 0.231 e. The number of rotatable bonds is 8. The summed E-state index contributed by atoms with van der Waals surface area (Å²) in [5, 5.41) is 21.2. The van der Waals surface area contributed by atoms with Crippen LogP contribution in [0, 0.1) is 23.2 Å². The van der Waals surface area contributed by atoms with Gasteiger partial charge in [0.1, 0.15) is 5.54 Å². The van der Waals surface area contributed by atoms with Gasteiger partial charge in [-0.25, -0.2) is 0 Å². The van der Waals surface area contributed by atoms with Crippen LogP contribution >= 0.6 is 11.8 Å². The average molecular weight is 375 g/mol. The number of amides is 1. The molecule has 1 N–H and O–H groups in total. The largest absolute Gasteiger partial charge is 0.461 e. The molecule has 2 rings (SSSR count). The molecule has 1 atom stereocenters. The predicted molar refractivity (Wildman–Crippen MR) is 100 cm³/mol. The minimum Gasteiger partial charge on any atom is -0.461 e. The zero-order valence-corrected chi connectivity index (χ0v) is 16.6. The van der Waals surface area contributed by atoms with Crippen LogP contribution in [0.4, 0.5) is 0 Å². The predicted octanol–water partition coefficient (Wildman–Crippen LogP) is 3.34. The summed E-state index contributed by atoms with van der Waals surface area (Å²) in [5.41, 5.74) is -0.886. The summed E-state index contributed by atoms with van der Waals surface area (Å²) in [7, 11) is 0. The molecule has 1 amide bonds. The molecule has 0 aliphatic carbocycles. The van der Waals surface area contributed by atoms with E-state index in [1.165, 1.54) is 11.8 Å². The lowest BCUT2D eigenvalue weighted by molar-refractivity contribution is -0.120. The van der Waals surface area contributed by atoms with E-state index >= 15 is 0 Å². The molecule has 0 aliphatic rings. The van der Waals surface area contributed by atoms with Crippen molar-refractivity contribution in [2.45, 2.75) is 51.9 Å². The van der Waals surface area contributed by atoms with E-state index in [1.54, 1.807) is 19.3 Å². The van der Waals surface area contributed by atoms with Crippen molar-refractivity contribution in [1.82, 2.24) is 20.1 Å². The highest BCUT2D eigenvalue weighted by Crippen LogP contribution is 2.25.